The molecule has 0 bridgehead atoms. The van der Waals surface area contributed by atoms with E-state index in [1.54, 1.807) is 6.92 Å². The van der Waals surface area contributed by atoms with Gasteiger partial charge in [-0.25, -0.2) is 15.0 Å². The zero-order valence-corrected chi connectivity index (χ0v) is 12.6. The molecule has 2 heterocycles. The molecule has 0 aromatic carbocycles. The van der Waals surface area contributed by atoms with Gasteiger partial charge in [-0.3, -0.25) is 4.79 Å². The average molecular weight is 339 g/mol. The zero-order valence-electron chi connectivity index (χ0n) is 10.2. The number of rotatable bonds is 3. The summed E-state index contributed by atoms with van der Waals surface area (Å²) in [4.78, 5) is 27.3. The van der Waals surface area contributed by atoms with E-state index < -0.39 is 0 Å². The summed E-state index contributed by atoms with van der Waals surface area (Å²) in [7, 11) is 0. The molecular weight excluding hydrogens is 328 g/mol. The van der Waals surface area contributed by atoms with E-state index in [1.807, 2.05) is 6.07 Å². The molecule has 1 fully saturated rings. The van der Waals surface area contributed by atoms with Crippen LogP contribution in [0.15, 0.2) is 31.7 Å². The Morgan fingerprint density at radius 1 is 1.32 bits per heavy atom. The summed E-state index contributed by atoms with van der Waals surface area (Å²) in [5.74, 6) is 1.35. The molecule has 3 rings (SSSR count). The molecule has 1 N–H and O–H groups in total. The molecule has 0 spiro atoms. The van der Waals surface area contributed by atoms with Crippen LogP contribution in [-0.4, -0.2) is 19.9 Å². The predicted molar refractivity (Wildman–Crippen MR) is 75.4 cm³/mol. The molecule has 1 aliphatic carbocycles. The maximum absolute atomic E-state index is 11.4. The van der Waals surface area contributed by atoms with E-state index in [1.165, 1.54) is 17.8 Å². The average Bonchev–Trinajstić information content (AvgIpc) is 3.09. The third-order valence-corrected chi connectivity index (χ3v) is 3.89. The number of nitrogens with one attached hydrogen (secondary N) is 1. The van der Waals surface area contributed by atoms with Gasteiger partial charge in [0, 0.05) is 23.7 Å². The van der Waals surface area contributed by atoms with Gasteiger partial charge in [-0.2, -0.15) is 0 Å². The summed E-state index contributed by atoms with van der Waals surface area (Å²) in [6.45, 7) is 1.80. The van der Waals surface area contributed by atoms with Crippen molar-refractivity contribution >= 4 is 27.7 Å². The van der Waals surface area contributed by atoms with Crippen LogP contribution in [0.1, 0.15) is 30.3 Å². The van der Waals surface area contributed by atoms with Crippen LogP contribution in [0.5, 0.6) is 0 Å². The summed E-state index contributed by atoms with van der Waals surface area (Å²) < 4.78 is 0.766. The Balaban J connectivity index is 1.91. The molecule has 0 amide bonds. The van der Waals surface area contributed by atoms with E-state index >= 15 is 0 Å². The number of hydrogen-bond donors (Lipinski definition) is 1. The van der Waals surface area contributed by atoms with Gasteiger partial charge in [-0.05, 0) is 47.5 Å². The van der Waals surface area contributed by atoms with Crippen LogP contribution in [-0.2, 0) is 0 Å². The van der Waals surface area contributed by atoms with E-state index in [2.05, 4.69) is 35.9 Å². The number of hydrogen-bond acceptors (Lipinski definition) is 5. The van der Waals surface area contributed by atoms with Crippen molar-refractivity contribution in [3.63, 3.8) is 0 Å². The van der Waals surface area contributed by atoms with Crippen molar-refractivity contribution in [3.05, 3.63) is 38.6 Å². The topological polar surface area (TPSA) is 71.5 Å². The van der Waals surface area contributed by atoms with Crippen molar-refractivity contribution < 1.29 is 0 Å². The highest BCUT2D eigenvalue weighted by Gasteiger charge is 2.27. The van der Waals surface area contributed by atoms with E-state index in [0.29, 0.717) is 16.8 Å². The van der Waals surface area contributed by atoms with Crippen LogP contribution in [0.3, 0.4) is 0 Å². The van der Waals surface area contributed by atoms with Gasteiger partial charge in [-0.1, -0.05) is 0 Å². The second-order valence-corrected chi connectivity index (χ2v) is 6.28. The van der Waals surface area contributed by atoms with E-state index in [0.717, 1.165) is 28.3 Å². The lowest BCUT2D eigenvalue weighted by Gasteiger charge is -2.04. The van der Waals surface area contributed by atoms with Gasteiger partial charge in [0.05, 0.1) is 0 Å². The minimum atomic E-state index is -0.148. The van der Waals surface area contributed by atoms with Gasteiger partial charge >= 0.3 is 0 Å². The van der Waals surface area contributed by atoms with Gasteiger partial charge in [0.1, 0.15) is 15.5 Å². The standard InChI is InChI=1S/C12H11BrN4OS/c1-6-4-9(18)16-12(14-6)19-10-5-8(13)15-11(17-10)7-2-3-7/h4-5,7H,2-3H2,1H3,(H,14,16,18). The summed E-state index contributed by atoms with van der Waals surface area (Å²) in [6.07, 6.45) is 2.31. The van der Waals surface area contributed by atoms with Crippen LogP contribution >= 0.6 is 27.7 Å². The first kappa shape index (κ1) is 12.8. The van der Waals surface area contributed by atoms with Crippen molar-refractivity contribution in [2.75, 3.05) is 0 Å². The fraction of sp³-hybridized carbons (Fsp3) is 0.333. The third kappa shape index (κ3) is 3.22. The second kappa shape index (κ2) is 5.05. The molecule has 98 valence electrons. The Kier molecular flexibility index (Phi) is 3.40. The molecule has 5 nitrogen and oxygen atoms in total. The van der Waals surface area contributed by atoms with Crippen LogP contribution < -0.4 is 5.56 Å². The Labute approximate surface area is 122 Å². The molecule has 0 radical (unpaired) electrons. The first-order valence-corrected chi connectivity index (χ1v) is 7.51. The van der Waals surface area contributed by atoms with Crippen molar-refractivity contribution in [1.82, 2.24) is 19.9 Å². The third-order valence-electron chi connectivity index (χ3n) is 2.68. The first-order chi connectivity index (χ1) is 9.10. The smallest absolute Gasteiger partial charge is 0.251 e. The molecule has 1 saturated carbocycles. The highest BCUT2D eigenvalue weighted by atomic mass is 79.9. The number of aromatic amines is 1. The minimum Gasteiger partial charge on any atom is -0.301 e. The Morgan fingerprint density at radius 2 is 2.11 bits per heavy atom. The lowest BCUT2D eigenvalue weighted by molar-refractivity contribution is 0.857. The Bertz CT molecular complexity index is 684. The Hall–Kier alpha value is -1.21. The van der Waals surface area contributed by atoms with Gasteiger partial charge < -0.3 is 4.98 Å². The lowest BCUT2D eigenvalue weighted by Crippen LogP contribution is -2.08. The molecule has 2 aromatic heterocycles. The Morgan fingerprint density at radius 3 is 2.79 bits per heavy atom. The number of halogens is 1. The zero-order chi connectivity index (χ0) is 13.4. The maximum atomic E-state index is 11.4. The molecule has 0 aliphatic heterocycles. The normalized spacial score (nSPS) is 14.6. The highest BCUT2D eigenvalue weighted by Crippen LogP contribution is 2.39. The number of aryl methyl sites for hydroxylation is 1. The fourth-order valence-electron chi connectivity index (χ4n) is 1.69. The molecular formula is C12H11BrN4OS. The summed E-state index contributed by atoms with van der Waals surface area (Å²) in [5.41, 5.74) is 0.548. The van der Waals surface area contributed by atoms with Crippen LogP contribution in [0.25, 0.3) is 0 Å². The van der Waals surface area contributed by atoms with Gasteiger partial charge in [-0.15, -0.1) is 0 Å². The van der Waals surface area contributed by atoms with Crippen molar-refractivity contribution in [1.29, 1.82) is 0 Å². The van der Waals surface area contributed by atoms with Crippen LogP contribution in [0.4, 0.5) is 0 Å². The fourth-order valence-corrected chi connectivity index (χ4v) is 3.09. The van der Waals surface area contributed by atoms with Gasteiger partial charge in [0.2, 0.25) is 0 Å². The molecule has 0 unspecified atom stereocenters. The van der Waals surface area contributed by atoms with Crippen LogP contribution in [0, 0.1) is 6.92 Å². The molecule has 2 aromatic rings. The number of nitrogens with zero attached hydrogens (tertiary/aromatic N) is 3. The largest absolute Gasteiger partial charge is 0.301 e. The lowest BCUT2D eigenvalue weighted by atomic mass is 10.4. The van der Waals surface area contributed by atoms with Crippen molar-refractivity contribution in [2.24, 2.45) is 0 Å². The maximum Gasteiger partial charge on any atom is 0.251 e. The monoisotopic (exact) mass is 338 g/mol. The SMILES string of the molecule is Cc1cc(=O)[nH]c(Sc2cc(Br)nc(C3CC3)n2)n1. The molecule has 1 aliphatic rings. The van der Waals surface area contributed by atoms with Crippen LogP contribution in [0.2, 0.25) is 0 Å². The number of aromatic nitrogens is 4. The van der Waals surface area contributed by atoms with E-state index in [9.17, 15) is 4.79 Å². The van der Waals surface area contributed by atoms with E-state index in [-0.39, 0.29) is 5.56 Å². The van der Waals surface area contributed by atoms with Gasteiger partial charge in [0.15, 0.2) is 5.16 Å². The summed E-state index contributed by atoms with van der Waals surface area (Å²) in [6, 6.07) is 3.30. The van der Waals surface area contributed by atoms with E-state index in [4.69, 9.17) is 0 Å². The molecule has 0 atom stereocenters. The minimum absolute atomic E-state index is 0.148. The summed E-state index contributed by atoms with van der Waals surface area (Å²) in [5, 5.41) is 1.34. The molecule has 0 saturated heterocycles. The van der Waals surface area contributed by atoms with Crippen molar-refractivity contribution in [3.8, 4) is 0 Å². The van der Waals surface area contributed by atoms with Gasteiger partial charge in [0.25, 0.3) is 5.56 Å². The highest BCUT2D eigenvalue weighted by molar-refractivity contribution is 9.10. The number of H-pyrrole nitrogens is 1. The van der Waals surface area contributed by atoms with Crippen molar-refractivity contribution in [2.45, 2.75) is 35.9 Å². The first-order valence-electron chi connectivity index (χ1n) is 5.90. The second-order valence-electron chi connectivity index (χ2n) is 4.46. The molecule has 7 heteroatoms. The summed E-state index contributed by atoms with van der Waals surface area (Å²) >= 11 is 4.74. The quantitative estimate of drug-likeness (QED) is 0.688. The molecule has 19 heavy (non-hydrogen) atoms. The predicted octanol–water partition coefficient (Wildman–Crippen LogP) is 2.66.